The summed E-state index contributed by atoms with van der Waals surface area (Å²) in [5.41, 5.74) is 5.11. The molecule has 0 unspecified atom stereocenters. The maximum absolute atomic E-state index is 10.6. The molecule has 0 aliphatic rings. The molecule has 7 heteroatoms. The van der Waals surface area contributed by atoms with Crippen molar-refractivity contribution in [1.82, 2.24) is 5.32 Å². The highest BCUT2D eigenvalue weighted by Gasteiger charge is 2.00. The van der Waals surface area contributed by atoms with Crippen molar-refractivity contribution in [2.75, 3.05) is 25.1 Å². The zero-order valence-electron chi connectivity index (χ0n) is 6.82. The molecule has 0 amide bonds. The van der Waals surface area contributed by atoms with E-state index in [4.69, 9.17) is 10.9 Å². The van der Waals surface area contributed by atoms with Crippen LogP contribution >= 0.6 is 0 Å². The monoisotopic (exact) mass is 195 g/mol. The molecule has 0 fully saturated rings. The lowest BCUT2D eigenvalue weighted by atomic mass is 10.6. The van der Waals surface area contributed by atoms with Crippen LogP contribution in [0.5, 0.6) is 0 Å². The second kappa shape index (κ2) is 4.94. The lowest BCUT2D eigenvalue weighted by molar-refractivity contribution is 0.317. The highest BCUT2D eigenvalue weighted by atomic mass is 32.2. The molecule has 0 rings (SSSR count). The number of nitrogens with two attached hydrogens (primary N) is 1. The number of hydrogen-bond acceptors (Lipinski definition) is 5. The molecule has 4 N–H and O–H groups in total. The van der Waals surface area contributed by atoms with Gasteiger partial charge in [0.05, 0.1) is 12.3 Å². The summed E-state index contributed by atoms with van der Waals surface area (Å²) in [7, 11) is -2.93. The molecule has 0 radical (unpaired) electrons. The Morgan fingerprint density at radius 1 is 1.67 bits per heavy atom. The summed E-state index contributed by atoms with van der Waals surface area (Å²) in [4.78, 5) is 0. The third-order valence-corrected chi connectivity index (χ3v) is 2.03. The predicted octanol–water partition coefficient (Wildman–Crippen LogP) is -1.63. The van der Waals surface area contributed by atoms with Gasteiger partial charge in [0.15, 0.2) is 5.84 Å². The van der Waals surface area contributed by atoms with E-state index in [1.54, 1.807) is 0 Å². The van der Waals surface area contributed by atoms with Crippen LogP contribution < -0.4 is 11.1 Å². The van der Waals surface area contributed by atoms with E-state index in [0.29, 0.717) is 6.54 Å². The summed E-state index contributed by atoms with van der Waals surface area (Å²) in [6.07, 6.45) is 1.15. The number of sulfone groups is 1. The Hall–Kier alpha value is -0.820. The van der Waals surface area contributed by atoms with Crippen molar-refractivity contribution in [3.05, 3.63) is 0 Å². The molecule has 0 aromatic heterocycles. The molecular formula is C5H13N3O3S. The Morgan fingerprint density at radius 3 is 2.67 bits per heavy atom. The molecule has 0 heterocycles. The normalized spacial score (nSPS) is 13.2. The van der Waals surface area contributed by atoms with Gasteiger partial charge in [-0.3, -0.25) is 0 Å². The van der Waals surface area contributed by atoms with Gasteiger partial charge in [-0.15, -0.1) is 0 Å². The van der Waals surface area contributed by atoms with E-state index in [9.17, 15) is 8.42 Å². The Bertz CT molecular complexity index is 247. The molecule has 0 bridgehead atoms. The summed E-state index contributed by atoms with van der Waals surface area (Å²) >= 11 is 0. The smallest absolute Gasteiger partial charge is 0.153 e. The second-order valence-corrected chi connectivity index (χ2v) is 4.66. The maximum atomic E-state index is 10.6. The summed E-state index contributed by atoms with van der Waals surface area (Å²) in [5.74, 6) is 0.0783. The number of nitrogens with zero attached hydrogens (tertiary/aromatic N) is 1. The fourth-order valence-corrected chi connectivity index (χ4v) is 1.02. The van der Waals surface area contributed by atoms with Crippen LogP contribution in [-0.2, 0) is 9.84 Å². The summed E-state index contributed by atoms with van der Waals surface area (Å²) in [6.45, 7) is 0.487. The fraction of sp³-hybridized carbons (Fsp3) is 0.800. The van der Waals surface area contributed by atoms with E-state index in [0.717, 1.165) is 6.26 Å². The van der Waals surface area contributed by atoms with E-state index in [1.165, 1.54) is 0 Å². The quantitative estimate of drug-likeness (QED) is 0.160. The number of rotatable bonds is 5. The lowest BCUT2D eigenvalue weighted by Crippen LogP contribution is -2.32. The minimum absolute atomic E-state index is 0.0310. The van der Waals surface area contributed by atoms with Crippen molar-refractivity contribution in [2.45, 2.75) is 0 Å². The van der Waals surface area contributed by atoms with Crippen LogP contribution in [0.1, 0.15) is 0 Å². The number of nitrogens with one attached hydrogen (secondary N) is 1. The molecule has 0 saturated carbocycles. The third kappa shape index (κ3) is 7.29. The molecule has 72 valence electrons. The number of amidine groups is 1. The van der Waals surface area contributed by atoms with Crippen LogP contribution in [0.25, 0.3) is 0 Å². The van der Waals surface area contributed by atoms with Gasteiger partial charge in [0.2, 0.25) is 0 Å². The predicted molar refractivity (Wildman–Crippen MR) is 46.0 cm³/mol. The lowest BCUT2D eigenvalue weighted by Gasteiger charge is -2.01. The minimum Gasteiger partial charge on any atom is -0.409 e. The molecule has 0 saturated heterocycles. The van der Waals surface area contributed by atoms with Gasteiger partial charge < -0.3 is 16.3 Å². The average Bonchev–Trinajstić information content (AvgIpc) is 1.96. The molecule has 12 heavy (non-hydrogen) atoms. The third-order valence-electron chi connectivity index (χ3n) is 1.08. The molecule has 0 aliphatic carbocycles. The van der Waals surface area contributed by atoms with Gasteiger partial charge in [-0.2, -0.15) is 0 Å². The highest BCUT2D eigenvalue weighted by Crippen LogP contribution is 1.78. The zero-order chi connectivity index (χ0) is 9.61. The van der Waals surface area contributed by atoms with Crippen molar-refractivity contribution < 1.29 is 13.6 Å². The Balaban J connectivity index is 3.47. The number of oxime groups is 1. The van der Waals surface area contributed by atoms with Crippen LogP contribution in [0.15, 0.2) is 5.16 Å². The summed E-state index contributed by atoms with van der Waals surface area (Å²) in [5, 5.41) is 13.5. The van der Waals surface area contributed by atoms with Crippen molar-refractivity contribution in [2.24, 2.45) is 10.9 Å². The van der Waals surface area contributed by atoms with Gasteiger partial charge in [-0.05, 0) is 0 Å². The summed E-state index contributed by atoms with van der Waals surface area (Å²) in [6, 6.07) is 0. The van der Waals surface area contributed by atoms with Crippen LogP contribution in [-0.4, -0.2) is 44.6 Å². The van der Waals surface area contributed by atoms with Crippen molar-refractivity contribution >= 4 is 15.7 Å². The molecule has 0 aromatic carbocycles. The second-order valence-electron chi connectivity index (χ2n) is 2.40. The average molecular weight is 195 g/mol. The zero-order valence-corrected chi connectivity index (χ0v) is 7.63. The first-order chi connectivity index (χ1) is 5.45. The van der Waals surface area contributed by atoms with Crippen molar-refractivity contribution in [3.63, 3.8) is 0 Å². The van der Waals surface area contributed by atoms with Crippen LogP contribution in [0.2, 0.25) is 0 Å². The molecule has 0 atom stereocenters. The standard InChI is InChI=1S/C5H13N3O3S/c1-12(10,11)3-2-7-4-5(6)8-9/h7,9H,2-4H2,1H3,(H2,6,8). The van der Waals surface area contributed by atoms with Gasteiger partial charge in [0.25, 0.3) is 0 Å². The fourth-order valence-electron chi connectivity index (χ4n) is 0.509. The SMILES string of the molecule is CS(=O)(=O)CCNCC(N)=NO. The van der Waals surface area contributed by atoms with Crippen molar-refractivity contribution in [3.8, 4) is 0 Å². The molecule has 0 aliphatic heterocycles. The molecule has 0 spiro atoms. The Morgan fingerprint density at radius 2 is 2.25 bits per heavy atom. The van der Waals surface area contributed by atoms with Crippen molar-refractivity contribution in [1.29, 1.82) is 0 Å². The van der Waals surface area contributed by atoms with Crippen LogP contribution in [0.4, 0.5) is 0 Å². The van der Waals surface area contributed by atoms with E-state index >= 15 is 0 Å². The first kappa shape index (κ1) is 11.2. The molecular weight excluding hydrogens is 182 g/mol. The van der Waals surface area contributed by atoms with Crippen LogP contribution in [0.3, 0.4) is 0 Å². The van der Waals surface area contributed by atoms with Gasteiger partial charge >= 0.3 is 0 Å². The van der Waals surface area contributed by atoms with E-state index in [2.05, 4.69) is 10.5 Å². The maximum Gasteiger partial charge on any atom is 0.153 e. The Kier molecular flexibility index (Phi) is 4.60. The van der Waals surface area contributed by atoms with Gasteiger partial charge in [0, 0.05) is 12.8 Å². The molecule has 0 aromatic rings. The van der Waals surface area contributed by atoms with E-state index < -0.39 is 9.84 Å². The van der Waals surface area contributed by atoms with E-state index in [1.807, 2.05) is 0 Å². The summed E-state index contributed by atoms with van der Waals surface area (Å²) < 4.78 is 21.2. The van der Waals surface area contributed by atoms with Gasteiger partial charge in [-0.1, -0.05) is 5.16 Å². The minimum atomic E-state index is -2.93. The number of hydrogen-bond donors (Lipinski definition) is 3. The first-order valence-corrected chi connectivity index (χ1v) is 5.36. The topological polar surface area (TPSA) is 105 Å². The van der Waals surface area contributed by atoms with E-state index in [-0.39, 0.29) is 18.1 Å². The molecule has 6 nitrogen and oxygen atoms in total. The first-order valence-electron chi connectivity index (χ1n) is 3.30. The van der Waals surface area contributed by atoms with Crippen LogP contribution in [0, 0.1) is 0 Å². The largest absolute Gasteiger partial charge is 0.409 e. The van der Waals surface area contributed by atoms with Gasteiger partial charge in [-0.25, -0.2) is 8.42 Å². The Labute approximate surface area is 71.4 Å². The highest BCUT2D eigenvalue weighted by molar-refractivity contribution is 7.90. The van der Waals surface area contributed by atoms with Gasteiger partial charge in [0.1, 0.15) is 9.84 Å².